The number of aryl methyl sites for hydroxylation is 1. The molecule has 2 aromatic carbocycles. The molecule has 0 spiro atoms. The first kappa shape index (κ1) is 15.4. The maximum Gasteiger partial charge on any atom is 0.244 e. The lowest BCUT2D eigenvalue weighted by Gasteiger charge is -2.09. The predicted molar refractivity (Wildman–Crippen MR) is 92.8 cm³/mol. The minimum atomic E-state index is 0.427. The van der Waals surface area contributed by atoms with Gasteiger partial charge in [-0.3, -0.25) is 0 Å². The number of rotatable bonds is 5. The van der Waals surface area contributed by atoms with Crippen molar-refractivity contribution < 1.29 is 0 Å². The summed E-state index contributed by atoms with van der Waals surface area (Å²) >= 11 is 0. The molecule has 6 nitrogen and oxygen atoms in total. The molecule has 0 atom stereocenters. The quantitative estimate of drug-likeness (QED) is 0.750. The summed E-state index contributed by atoms with van der Waals surface area (Å²) in [6.07, 6.45) is 1.52. The van der Waals surface area contributed by atoms with Gasteiger partial charge in [0.25, 0.3) is 0 Å². The molecular formula is C18H16N6. The van der Waals surface area contributed by atoms with Gasteiger partial charge in [0.05, 0.1) is 17.4 Å². The number of nitrogens with zero attached hydrogens (tertiary/aromatic N) is 4. The minimum absolute atomic E-state index is 0.427. The van der Waals surface area contributed by atoms with Gasteiger partial charge in [-0.2, -0.15) is 15.3 Å². The van der Waals surface area contributed by atoms with Crippen molar-refractivity contribution in [2.24, 2.45) is 0 Å². The number of benzene rings is 2. The summed E-state index contributed by atoms with van der Waals surface area (Å²) in [6.45, 7) is 2.67. The minimum Gasteiger partial charge on any atom is -0.349 e. The molecule has 0 aliphatic heterocycles. The molecule has 0 aliphatic rings. The van der Waals surface area contributed by atoms with Crippen LogP contribution in [0, 0.1) is 18.3 Å². The fraction of sp³-hybridized carbons (Fsp3) is 0.111. The van der Waals surface area contributed by atoms with Crippen LogP contribution in [0.1, 0.15) is 16.7 Å². The lowest BCUT2D eigenvalue weighted by molar-refractivity contribution is 0.948. The normalized spacial score (nSPS) is 10.0. The molecule has 0 amide bonds. The zero-order chi connectivity index (χ0) is 16.8. The van der Waals surface area contributed by atoms with Crippen LogP contribution < -0.4 is 10.6 Å². The average Bonchev–Trinajstić information content (AvgIpc) is 2.61. The zero-order valence-electron chi connectivity index (χ0n) is 13.2. The standard InChI is InChI=1S/C18H16N6/c1-13-5-4-6-14(9-13)11-20-18-23-17(12-21-24-18)22-16-8-3-2-7-15(16)10-19/h2-9,12H,11H2,1H3,(H2,20,22,23,24). The van der Waals surface area contributed by atoms with E-state index in [9.17, 15) is 0 Å². The van der Waals surface area contributed by atoms with E-state index in [0.717, 1.165) is 5.56 Å². The molecule has 0 saturated carbocycles. The van der Waals surface area contributed by atoms with E-state index in [1.165, 1.54) is 11.8 Å². The summed E-state index contributed by atoms with van der Waals surface area (Å²) in [4.78, 5) is 4.38. The van der Waals surface area contributed by atoms with Gasteiger partial charge in [0.2, 0.25) is 5.95 Å². The smallest absolute Gasteiger partial charge is 0.244 e. The van der Waals surface area contributed by atoms with E-state index in [1.54, 1.807) is 6.07 Å². The number of para-hydroxylation sites is 1. The highest BCUT2D eigenvalue weighted by molar-refractivity contribution is 5.64. The van der Waals surface area contributed by atoms with Crippen LogP contribution in [0.25, 0.3) is 0 Å². The van der Waals surface area contributed by atoms with Crippen LogP contribution in [0.2, 0.25) is 0 Å². The van der Waals surface area contributed by atoms with Crippen LogP contribution in [0.5, 0.6) is 0 Å². The van der Waals surface area contributed by atoms with Gasteiger partial charge in [-0.1, -0.05) is 42.0 Å². The number of hydrogen-bond donors (Lipinski definition) is 2. The maximum atomic E-state index is 9.13. The first-order chi connectivity index (χ1) is 11.7. The van der Waals surface area contributed by atoms with Crippen molar-refractivity contribution in [1.82, 2.24) is 15.2 Å². The Balaban J connectivity index is 1.71. The van der Waals surface area contributed by atoms with E-state index in [4.69, 9.17) is 5.26 Å². The Morgan fingerprint density at radius 3 is 2.83 bits per heavy atom. The fourth-order valence-corrected chi connectivity index (χ4v) is 2.27. The third-order valence-corrected chi connectivity index (χ3v) is 3.40. The average molecular weight is 316 g/mol. The van der Waals surface area contributed by atoms with E-state index < -0.39 is 0 Å². The Bertz CT molecular complexity index is 884. The van der Waals surface area contributed by atoms with Crippen LogP contribution >= 0.6 is 0 Å². The van der Waals surface area contributed by atoms with Crippen molar-refractivity contribution in [2.45, 2.75) is 13.5 Å². The van der Waals surface area contributed by atoms with Gasteiger partial charge < -0.3 is 10.6 Å². The Kier molecular flexibility index (Phi) is 4.63. The van der Waals surface area contributed by atoms with Crippen molar-refractivity contribution in [3.63, 3.8) is 0 Å². The molecule has 6 heteroatoms. The molecule has 0 unspecified atom stereocenters. The molecule has 24 heavy (non-hydrogen) atoms. The number of nitriles is 1. The zero-order valence-corrected chi connectivity index (χ0v) is 13.2. The van der Waals surface area contributed by atoms with Crippen LogP contribution in [0.3, 0.4) is 0 Å². The van der Waals surface area contributed by atoms with Crippen LogP contribution in [0.4, 0.5) is 17.5 Å². The molecule has 0 radical (unpaired) electrons. The highest BCUT2D eigenvalue weighted by atomic mass is 15.3. The van der Waals surface area contributed by atoms with E-state index in [1.807, 2.05) is 30.3 Å². The Morgan fingerprint density at radius 1 is 1.12 bits per heavy atom. The van der Waals surface area contributed by atoms with Gasteiger partial charge in [0.1, 0.15) is 6.07 Å². The molecule has 1 heterocycles. The van der Waals surface area contributed by atoms with E-state index in [2.05, 4.69) is 50.9 Å². The predicted octanol–water partition coefficient (Wildman–Crippen LogP) is 3.41. The van der Waals surface area contributed by atoms with Crippen LogP contribution in [-0.4, -0.2) is 15.2 Å². The van der Waals surface area contributed by atoms with Gasteiger partial charge in [0, 0.05) is 6.54 Å². The fourth-order valence-electron chi connectivity index (χ4n) is 2.27. The Hall–Kier alpha value is -3.46. The van der Waals surface area contributed by atoms with Gasteiger partial charge in [-0.25, -0.2) is 0 Å². The summed E-state index contributed by atoms with van der Waals surface area (Å²) < 4.78 is 0. The largest absolute Gasteiger partial charge is 0.349 e. The summed E-state index contributed by atoms with van der Waals surface area (Å²) in [5.41, 5.74) is 3.58. The number of aromatic nitrogens is 3. The van der Waals surface area contributed by atoms with Crippen molar-refractivity contribution in [3.8, 4) is 6.07 Å². The SMILES string of the molecule is Cc1cccc(CNc2nncc(Nc3ccccc3C#N)n2)c1. The monoisotopic (exact) mass is 316 g/mol. The first-order valence-corrected chi connectivity index (χ1v) is 7.50. The number of hydrogen-bond acceptors (Lipinski definition) is 6. The third-order valence-electron chi connectivity index (χ3n) is 3.40. The van der Waals surface area contributed by atoms with Gasteiger partial charge >= 0.3 is 0 Å². The topological polar surface area (TPSA) is 86.5 Å². The number of anilines is 3. The van der Waals surface area contributed by atoms with Gasteiger partial charge in [-0.05, 0) is 24.6 Å². The van der Waals surface area contributed by atoms with Crippen LogP contribution in [0.15, 0.2) is 54.7 Å². The second-order valence-electron chi connectivity index (χ2n) is 5.29. The number of nitrogens with one attached hydrogen (secondary N) is 2. The highest BCUT2D eigenvalue weighted by Crippen LogP contribution is 2.18. The molecule has 3 rings (SSSR count). The maximum absolute atomic E-state index is 9.13. The Morgan fingerprint density at radius 2 is 2.00 bits per heavy atom. The van der Waals surface area contributed by atoms with E-state index in [-0.39, 0.29) is 0 Å². The highest BCUT2D eigenvalue weighted by Gasteiger charge is 2.04. The molecule has 0 bridgehead atoms. The van der Waals surface area contributed by atoms with Crippen LogP contribution in [-0.2, 0) is 6.54 Å². The van der Waals surface area contributed by atoms with Gasteiger partial charge in [0.15, 0.2) is 5.82 Å². The van der Waals surface area contributed by atoms with Crippen molar-refractivity contribution >= 4 is 17.5 Å². The molecule has 2 N–H and O–H groups in total. The lowest BCUT2D eigenvalue weighted by Crippen LogP contribution is -2.06. The second-order valence-corrected chi connectivity index (χ2v) is 5.29. The summed E-state index contributed by atoms with van der Waals surface area (Å²) in [5, 5.41) is 23.3. The molecule has 0 saturated heterocycles. The Labute approximate surface area is 140 Å². The lowest BCUT2D eigenvalue weighted by atomic mass is 10.1. The molecule has 1 aromatic heterocycles. The van der Waals surface area contributed by atoms with Crippen molar-refractivity contribution in [1.29, 1.82) is 5.26 Å². The summed E-state index contributed by atoms with van der Waals surface area (Å²) in [6, 6.07) is 17.6. The molecule has 118 valence electrons. The molecular weight excluding hydrogens is 300 g/mol. The first-order valence-electron chi connectivity index (χ1n) is 7.50. The molecule has 0 fully saturated rings. The third kappa shape index (κ3) is 3.84. The summed E-state index contributed by atoms with van der Waals surface area (Å²) in [7, 11) is 0. The van der Waals surface area contributed by atoms with Crippen molar-refractivity contribution in [3.05, 3.63) is 71.4 Å². The molecule has 3 aromatic rings. The second kappa shape index (κ2) is 7.20. The van der Waals surface area contributed by atoms with E-state index >= 15 is 0 Å². The van der Waals surface area contributed by atoms with Crippen molar-refractivity contribution in [2.75, 3.05) is 10.6 Å². The van der Waals surface area contributed by atoms with E-state index in [0.29, 0.717) is 29.6 Å². The molecule has 0 aliphatic carbocycles. The van der Waals surface area contributed by atoms with Gasteiger partial charge in [-0.15, -0.1) is 5.10 Å². The summed E-state index contributed by atoms with van der Waals surface area (Å²) in [5.74, 6) is 0.954.